The summed E-state index contributed by atoms with van der Waals surface area (Å²) in [6.07, 6.45) is 7.63. The lowest BCUT2D eigenvalue weighted by molar-refractivity contribution is 0.188. The van der Waals surface area contributed by atoms with Gasteiger partial charge >= 0.3 is 0 Å². The zero-order valence-electron chi connectivity index (χ0n) is 25.9. The van der Waals surface area contributed by atoms with E-state index in [4.69, 9.17) is 4.74 Å². The molecule has 0 aromatic heterocycles. The predicted molar refractivity (Wildman–Crippen MR) is 173 cm³/mol. The van der Waals surface area contributed by atoms with Gasteiger partial charge in [0.2, 0.25) is 20.0 Å². The van der Waals surface area contributed by atoms with Gasteiger partial charge in [0, 0.05) is 52.5 Å². The number of sulfonamides is 2. The van der Waals surface area contributed by atoms with Crippen molar-refractivity contribution in [2.24, 2.45) is 5.92 Å². The van der Waals surface area contributed by atoms with Crippen LogP contribution < -0.4 is 9.64 Å². The maximum atomic E-state index is 13.9. The van der Waals surface area contributed by atoms with Crippen molar-refractivity contribution in [3.05, 3.63) is 60.7 Å². The second kappa shape index (κ2) is 15.0. The van der Waals surface area contributed by atoms with Crippen molar-refractivity contribution in [1.29, 1.82) is 0 Å². The van der Waals surface area contributed by atoms with Crippen LogP contribution in [0.25, 0.3) is 0 Å². The van der Waals surface area contributed by atoms with E-state index in [0.717, 1.165) is 25.3 Å². The minimum absolute atomic E-state index is 0.0442. The highest BCUT2D eigenvalue weighted by Crippen LogP contribution is 2.26. The van der Waals surface area contributed by atoms with Crippen LogP contribution in [0.2, 0.25) is 0 Å². The lowest BCUT2D eigenvalue weighted by Crippen LogP contribution is -2.42. The zero-order chi connectivity index (χ0) is 31.0. The molecule has 2 aromatic carbocycles. The van der Waals surface area contributed by atoms with Gasteiger partial charge in [0.05, 0.1) is 16.9 Å². The van der Waals surface area contributed by atoms with Gasteiger partial charge in [0.15, 0.2) is 0 Å². The summed E-state index contributed by atoms with van der Waals surface area (Å²) in [4.78, 5) is 4.74. The van der Waals surface area contributed by atoms with Gasteiger partial charge < -0.3 is 14.5 Å². The van der Waals surface area contributed by atoms with E-state index >= 15 is 0 Å². The van der Waals surface area contributed by atoms with Gasteiger partial charge in [-0.15, -0.1) is 0 Å². The lowest BCUT2D eigenvalue weighted by atomic mass is 9.89. The number of nitrogens with zero attached hydrogens (tertiary/aromatic N) is 4. The quantitative estimate of drug-likeness (QED) is 0.391. The number of benzene rings is 2. The van der Waals surface area contributed by atoms with Crippen molar-refractivity contribution >= 4 is 25.7 Å². The molecular weight excluding hydrogens is 585 g/mol. The van der Waals surface area contributed by atoms with E-state index in [0.29, 0.717) is 43.2 Å². The molecule has 1 heterocycles. The van der Waals surface area contributed by atoms with Crippen molar-refractivity contribution in [2.75, 3.05) is 71.9 Å². The molecule has 0 N–H and O–H groups in total. The van der Waals surface area contributed by atoms with Crippen molar-refractivity contribution in [3.8, 4) is 5.75 Å². The highest BCUT2D eigenvalue weighted by Gasteiger charge is 2.30. The number of hydrogen-bond acceptors (Lipinski definition) is 7. The molecule has 0 bridgehead atoms. The van der Waals surface area contributed by atoms with Gasteiger partial charge in [0.25, 0.3) is 0 Å². The third-order valence-electron chi connectivity index (χ3n) is 8.49. The molecule has 0 spiro atoms. The molecule has 1 saturated carbocycles. The molecule has 0 atom stereocenters. The zero-order valence-corrected chi connectivity index (χ0v) is 27.6. The van der Waals surface area contributed by atoms with Crippen LogP contribution in [0.1, 0.15) is 44.9 Å². The SMILES string of the molecule is C=C1CN(S(=O)(=O)c2ccc(OC)cc2)CCCN(CC2CCCCC2)CCCN(S(=O)(=O)c2ccc(N(C)C)cc2)C1. The maximum absolute atomic E-state index is 13.9. The molecule has 11 heteroatoms. The Morgan fingerprint density at radius 1 is 0.744 bits per heavy atom. The Balaban J connectivity index is 1.61. The van der Waals surface area contributed by atoms with Gasteiger partial charge in [-0.1, -0.05) is 25.8 Å². The topological polar surface area (TPSA) is 90.5 Å². The van der Waals surface area contributed by atoms with E-state index in [9.17, 15) is 16.8 Å². The maximum Gasteiger partial charge on any atom is 0.243 e. The van der Waals surface area contributed by atoms with Crippen LogP contribution in [-0.4, -0.2) is 97.4 Å². The summed E-state index contributed by atoms with van der Waals surface area (Å²) in [6.45, 7) is 7.42. The summed E-state index contributed by atoms with van der Waals surface area (Å²) < 4.78 is 63.6. The van der Waals surface area contributed by atoms with E-state index in [2.05, 4.69) is 11.5 Å². The minimum Gasteiger partial charge on any atom is -0.497 e. The first-order chi connectivity index (χ1) is 20.5. The Labute approximate surface area is 259 Å². The lowest BCUT2D eigenvalue weighted by Gasteiger charge is -2.33. The molecule has 0 radical (unpaired) electrons. The van der Waals surface area contributed by atoms with Gasteiger partial charge in [-0.3, -0.25) is 0 Å². The second-order valence-corrected chi connectivity index (χ2v) is 15.9. The second-order valence-electron chi connectivity index (χ2n) is 12.0. The molecule has 2 fully saturated rings. The Bertz CT molecular complexity index is 1400. The van der Waals surface area contributed by atoms with Gasteiger partial charge in [-0.25, -0.2) is 16.8 Å². The average Bonchev–Trinajstić information content (AvgIpc) is 2.99. The van der Waals surface area contributed by atoms with Crippen molar-refractivity contribution in [3.63, 3.8) is 0 Å². The van der Waals surface area contributed by atoms with Crippen LogP contribution in [0, 0.1) is 5.92 Å². The highest BCUT2D eigenvalue weighted by molar-refractivity contribution is 7.89. The van der Waals surface area contributed by atoms with Crippen LogP contribution in [0.3, 0.4) is 0 Å². The highest BCUT2D eigenvalue weighted by atomic mass is 32.2. The Morgan fingerprint density at radius 3 is 1.70 bits per heavy atom. The fraction of sp³-hybridized carbons (Fsp3) is 0.562. The van der Waals surface area contributed by atoms with Crippen LogP contribution in [-0.2, 0) is 20.0 Å². The van der Waals surface area contributed by atoms with Crippen LogP contribution in [0.4, 0.5) is 5.69 Å². The summed E-state index contributed by atoms with van der Waals surface area (Å²) in [7, 11) is -2.31. The molecule has 1 aliphatic heterocycles. The molecule has 1 aliphatic carbocycles. The predicted octanol–water partition coefficient (Wildman–Crippen LogP) is 4.68. The summed E-state index contributed by atoms with van der Waals surface area (Å²) >= 11 is 0. The Hall–Kier alpha value is -2.44. The molecule has 4 rings (SSSR count). The Kier molecular flexibility index (Phi) is 11.7. The van der Waals surface area contributed by atoms with Crippen molar-refractivity contribution in [1.82, 2.24) is 13.5 Å². The van der Waals surface area contributed by atoms with E-state index in [1.54, 1.807) is 55.6 Å². The minimum atomic E-state index is -3.85. The van der Waals surface area contributed by atoms with Gasteiger partial charge in [-0.05, 0) is 98.8 Å². The molecule has 2 aromatic rings. The number of hydrogen-bond donors (Lipinski definition) is 0. The molecule has 0 amide bonds. The number of methoxy groups -OCH3 is 1. The average molecular weight is 633 g/mol. The normalized spacial score (nSPS) is 19.8. The number of ether oxygens (including phenoxy) is 1. The van der Waals surface area contributed by atoms with E-state index in [1.807, 2.05) is 19.0 Å². The third kappa shape index (κ3) is 8.82. The van der Waals surface area contributed by atoms with Crippen LogP contribution in [0.5, 0.6) is 5.75 Å². The first-order valence-corrected chi connectivity index (χ1v) is 18.2. The Morgan fingerprint density at radius 2 is 1.23 bits per heavy atom. The molecule has 0 unspecified atom stereocenters. The van der Waals surface area contributed by atoms with Crippen molar-refractivity contribution in [2.45, 2.75) is 54.7 Å². The summed E-state index contributed by atoms with van der Waals surface area (Å²) in [6, 6.07) is 13.3. The van der Waals surface area contributed by atoms with Crippen molar-refractivity contribution < 1.29 is 21.6 Å². The summed E-state index contributed by atoms with van der Waals surface area (Å²) in [5.74, 6) is 1.21. The van der Waals surface area contributed by atoms with Gasteiger partial charge in [0.1, 0.15) is 5.75 Å². The molecular formula is C32H48N4O5S2. The molecule has 238 valence electrons. The number of rotatable bonds is 8. The molecule has 1 saturated heterocycles. The smallest absolute Gasteiger partial charge is 0.243 e. The van der Waals surface area contributed by atoms with E-state index < -0.39 is 20.0 Å². The first-order valence-electron chi connectivity index (χ1n) is 15.3. The molecule has 2 aliphatic rings. The molecule has 43 heavy (non-hydrogen) atoms. The van der Waals surface area contributed by atoms with Gasteiger partial charge in [-0.2, -0.15) is 8.61 Å². The fourth-order valence-corrected chi connectivity index (χ4v) is 9.05. The first kappa shape index (κ1) is 33.5. The summed E-state index contributed by atoms with van der Waals surface area (Å²) in [5.41, 5.74) is 1.44. The van der Waals surface area contributed by atoms with Crippen LogP contribution >= 0.6 is 0 Å². The largest absolute Gasteiger partial charge is 0.497 e. The third-order valence-corrected chi connectivity index (χ3v) is 12.2. The monoisotopic (exact) mass is 632 g/mol. The number of anilines is 1. The fourth-order valence-electron chi connectivity index (χ4n) is 6.05. The van der Waals surface area contributed by atoms with E-state index in [1.165, 1.54) is 40.7 Å². The molecule has 9 nitrogen and oxygen atoms in total. The van der Waals surface area contributed by atoms with Crippen LogP contribution in [0.15, 0.2) is 70.5 Å². The van der Waals surface area contributed by atoms with E-state index in [-0.39, 0.29) is 22.9 Å². The summed E-state index contributed by atoms with van der Waals surface area (Å²) in [5, 5.41) is 0. The standard InChI is InChI=1S/C32H48N4O5S2/c1-27-24-35(42(37,38)31-16-12-29(13-17-31)33(2)3)22-8-20-34(26-28-10-6-5-7-11-28)21-9-23-36(25-27)43(39,40)32-18-14-30(41-4)15-19-32/h12-19,28H,1,5-11,20-26H2,2-4H3.